The minimum Gasteiger partial charge on any atom is -0.287 e. The van der Waals surface area contributed by atoms with Gasteiger partial charge < -0.3 is 0 Å². The highest BCUT2D eigenvalue weighted by molar-refractivity contribution is 7.94. The van der Waals surface area contributed by atoms with Crippen LogP contribution in [0.25, 0.3) is 0 Å². The molecule has 4 rings (SSSR count). The van der Waals surface area contributed by atoms with Gasteiger partial charge in [0.05, 0.1) is 29.6 Å². The largest absolute Gasteiger partial charge is 0.343 e. The monoisotopic (exact) mass is 417 g/mol. The van der Waals surface area contributed by atoms with Crippen LogP contribution in [0.4, 0.5) is 16.2 Å². The van der Waals surface area contributed by atoms with Crippen molar-refractivity contribution in [1.29, 1.82) is 5.26 Å². The number of sulfonamides is 1. The van der Waals surface area contributed by atoms with E-state index in [0.29, 0.717) is 28.1 Å². The molecule has 30 heavy (non-hydrogen) atoms. The zero-order valence-corrected chi connectivity index (χ0v) is 17.3. The van der Waals surface area contributed by atoms with Crippen molar-refractivity contribution in [2.75, 3.05) is 9.21 Å². The predicted molar refractivity (Wildman–Crippen MR) is 115 cm³/mol. The molecule has 0 aromatic heterocycles. The average Bonchev–Trinajstić information content (AvgIpc) is 2.73. The smallest absolute Gasteiger partial charge is 0.287 e. The third-order valence-electron chi connectivity index (χ3n) is 5.12. The van der Waals surface area contributed by atoms with Gasteiger partial charge in [0.2, 0.25) is 0 Å². The summed E-state index contributed by atoms with van der Waals surface area (Å²) < 4.78 is 27.8. The summed E-state index contributed by atoms with van der Waals surface area (Å²) in [6.45, 7) is 3.71. The van der Waals surface area contributed by atoms with E-state index >= 15 is 0 Å². The number of nitrogens with zero attached hydrogens (tertiary/aromatic N) is 3. The van der Waals surface area contributed by atoms with Gasteiger partial charge in [0.1, 0.15) is 4.90 Å². The summed E-state index contributed by atoms with van der Waals surface area (Å²) in [5, 5.41) is 9.18. The lowest BCUT2D eigenvalue weighted by Crippen LogP contribution is -2.51. The Hall–Kier alpha value is -3.63. The SMILES string of the molecule is Cc1cccc(C)c1N1C(=O)N(Cc2cccc(C#N)c2)c2ccccc2S1(=O)=O. The fourth-order valence-electron chi connectivity index (χ4n) is 3.73. The molecular weight excluding hydrogens is 398 g/mol. The molecule has 0 bridgehead atoms. The molecule has 1 heterocycles. The topological polar surface area (TPSA) is 81.5 Å². The van der Waals surface area contributed by atoms with Crippen molar-refractivity contribution >= 4 is 27.4 Å². The number of rotatable bonds is 3. The molecule has 2 amide bonds. The Morgan fingerprint density at radius 2 is 1.60 bits per heavy atom. The first kappa shape index (κ1) is 19.7. The highest BCUT2D eigenvalue weighted by Gasteiger charge is 2.43. The fraction of sp³-hybridized carbons (Fsp3) is 0.130. The first-order valence-corrected chi connectivity index (χ1v) is 10.8. The first-order chi connectivity index (χ1) is 14.3. The highest BCUT2D eigenvalue weighted by atomic mass is 32.2. The number of hydrogen-bond donors (Lipinski definition) is 0. The summed E-state index contributed by atoms with van der Waals surface area (Å²) >= 11 is 0. The van der Waals surface area contributed by atoms with Gasteiger partial charge in [-0.2, -0.15) is 9.57 Å². The minimum absolute atomic E-state index is 0.0729. The Bertz CT molecular complexity index is 1290. The maximum absolute atomic E-state index is 13.6. The van der Waals surface area contributed by atoms with E-state index in [9.17, 15) is 18.5 Å². The average molecular weight is 417 g/mol. The molecule has 0 fully saturated rings. The van der Waals surface area contributed by atoms with Crippen LogP contribution in [-0.2, 0) is 16.6 Å². The van der Waals surface area contributed by atoms with Gasteiger partial charge in [-0.05, 0) is 54.8 Å². The maximum atomic E-state index is 13.6. The van der Waals surface area contributed by atoms with Gasteiger partial charge in [0.15, 0.2) is 0 Å². The van der Waals surface area contributed by atoms with Crippen LogP contribution >= 0.6 is 0 Å². The van der Waals surface area contributed by atoms with Crippen molar-refractivity contribution in [2.45, 2.75) is 25.3 Å². The molecule has 7 heteroatoms. The van der Waals surface area contributed by atoms with Gasteiger partial charge in [-0.1, -0.05) is 42.5 Å². The zero-order chi connectivity index (χ0) is 21.5. The normalized spacial score (nSPS) is 14.9. The number of hydrogen-bond acceptors (Lipinski definition) is 4. The van der Waals surface area contributed by atoms with Crippen LogP contribution in [0, 0.1) is 25.2 Å². The summed E-state index contributed by atoms with van der Waals surface area (Å²) in [4.78, 5) is 15.1. The van der Waals surface area contributed by atoms with Gasteiger partial charge in [-0.15, -0.1) is 0 Å². The molecule has 1 aliphatic rings. The van der Waals surface area contributed by atoms with E-state index in [-0.39, 0.29) is 11.4 Å². The Kier molecular flexibility index (Phi) is 4.80. The van der Waals surface area contributed by atoms with Crippen LogP contribution in [0.15, 0.2) is 71.6 Å². The molecule has 0 radical (unpaired) electrons. The zero-order valence-electron chi connectivity index (χ0n) is 16.5. The first-order valence-electron chi connectivity index (χ1n) is 9.35. The van der Waals surface area contributed by atoms with E-state index in [4.69, 9.17) is 0 Å². The van der Waals surface area contributed by atoms with Gasteiger partial charge in [-0.25, -0.2) is 13.2 Å². The third-order valence-corrected chi connectivity index (χ3v) is 6.84. The molecule has 0 N–H and O–H groups in total. The Morgan fingerprint density at radius 1 is 0.933 bits per heavy atom. The van der Waals surface area contributed by atoms with Gasteiger partial charge >= 0.3 is 6.03 Å². The van der Waals surface area contributed by atoms with E-state index in [2.05, 4.69) is 6.07 Å². The van der Waals surface area contributed by atoms with Gasteiger partial charge in [0.25, 0.3) is 10.0 Å². The van der Waals surface area contributed by atoms with E-state index in [0.717, 1.165) is 9.87 Å². The van der Waals surface area contributed by atoms with Crippen molar-refractivity contribution < 1.29 is 13.2 Å². The van der Waals surface area contributed by atoms with Crippen LogP contribution in [-0.4, -0.2) is 14.4 Å². The molecule has 3 aromatic rings. The number of para-hydroxylation sites is 2. The molecular formula is C23H19N3O3S. The number of urea groups is 1. The third kappa shape index (κ3) is 3.11. The van der Waals surface area contributed by atoms with E-state index in [1.165, 1.54) is 11.0 Å². The highest BCUT2D eigenvalue weighted by Crippen LogP contribution is 2.40. The molecule has 6 nitrogen and oxygen atoms in total. The summed E-state index contributed by atoms with van der Waals surface area (Å²) in [5.41, 5.74) is 3.29. The molecule has 150 valence electrons. The van der Waals surface area contributed by atoms with Crippen molar-refractivity contribution in [3.8, 4) is 6.07 Å². The van der Waals surface area contributed by atoms with Gasteiger partial charge in [-0.3, -0.25) is 4.90 Å². The number of carbonyl (C=O) groups excluding carboxylic acids is 1. The maximum Gasteiger partial charge on any atom is 0.343 e. The lowest BCUT2D eigenvalue weighted by atomic mass is 10.1. The summed E-state index contributed by atoms with van der Waals surface area (Å²) in [7, 11) is -4.08. The fourth-order valence-corrected chi connectivity index (χ4v) is 5.45. The second-order valence-electron chi connectivity index (χ2n) is 7.16. The quantitative estimate of drug-likeness (QED) is 0.628. The summed E-state index contributed by atoms with van der Waals surface area (Å²) in [5.74, 6) is 0. The predicted octanol–water partition coefficient (Wildman–Crippen LogP) is 4.51. The van der Waals surface area contributed by atoms with Crippen molar-refractivity contribution in [3.63, 3.8) is 0 Å². The lowest BCUT2D eigenvalue weighted by molar-refractivity contribution is 0.253. The second-order valence-corrected chi connectivity index (χ2v) is 8.91. The minimum atomic E-state index is -4.08. The van der Waals surface area contributed by atoms with Crippen LogP contribution in [0.3, 0.4) is 0 Å². The van der Waals surface area contributed by atoms with E-state index in [1.807, 2.05) is 12.1 Å². The standard InChI is InChI=1S/C23H19N3O3S/c1-16-7-5-8-17(2)22(16)26-23(27)25(15-19-10-6-9-18(13-19)14-24)20-11-3-4-12-21(20)30(26,28)29/h3-13H,15H2,1-2H3. The number of fused-ring (bicyclic) bond motifs is 1. The Morgan fingerprint density at radius 3 is 2.30 bits per heavy atom. The summed E-state index contributed by atoms with van der Waals surface area (Å²) in [6, 6.07) is 20.3. The number of carbonyl (C=O) groups is 1. The summed E-state index contributed by atoms with van der Waals surface area (Å²) in [6.07, 6.45) is 0. The Balaban J connectivity index is 1.91. The number of nitriles is 1. The van der Waals surface area contributed by atoms with Gasteiger partial charge in [0, 0.05) is 0 Å². The van der Waals surface area contributed by atoms with E-state index < -0.39 is 16.1 Å². The number of amides is 2. The molecule has 0 aliphatic carbocycles. The molecule has 0 unspecified atom stereocenters. The Labute approximate surface area is 175 Å². The molecule has 0 saturated carbocycles. The van der Waals surface area contributed by atoms with Crippen LogP contribution in [0.2, 0.25) is 0 Å². The van der Waals surface area contributed by atoms with Crippen LogP contribution in [0.1, 0.15) is 22.3 Å². The number of anilines is 2. The van der Waals surface area contributed by atoms with Crippen LogP contribution in [0.5, 0.6) is 0 Å². The molecule has 3 aromatic carbocycles. The molecule has 0 atom stereocenters. The van der Waals surface area contributed by atoms with Crippen molar-refractivity contribution in [3.05, 3.63) is 89.0 Å². The molecule has 0 spiro atoms. The lowest BCUT2D eigenvalue weighted by Gasteiger charge is -2.37. The second kappa shape index (κ2) is 7.32. The molecule has 1 aliphatic heterocycles. The van der Waals surface area contributed by atoms with Crippen molar-refractivity contribution in [1.82, 2.24) is 0 Å². The number of aryl methyl sites for hydroxylation is 2. The van der Waals surface area contributed by atoms with Crippen molar-refractivity contribution in [2.24, 2.45) is 0 Å². The number of benzene rings is 3. The van der Waals surface area contributed by atoms with Crippen LogP contribution < -0.4 is 9.21 Å². The molecule has 0 saturated heterocycles. The van der Waals surface area contributed by atoms with E-state index in [1.54, 1.807) is 62.4 Å².